The fourth-order valence-electron chi connectivity index (χ4n) is 1.09. The Labute approximate surface area is 111 Å². The summed E-state index contributed by atoms with van der Waals surface area (Å²) in [6, 6.07) is 3.48. The fraction of sp³-hybridized carbons (Fsp3) is 0.545. The first kappa shape index (κ1) is 14.7. The van der Waals surface area contributed by atoms with Gasteiger partial charge in [0, 0.05) is 12.7 Å². The minimum atomic E-state index is 0.373. The van der Waals surface area contributed by atoms with E-state index in [1.54, 1.807) is 19.2 Å². The van der Waals surface area contributed by atoms with Crippen molar-refractivity contribution in [2.75, 3.05) is 33.5 Å². The topological polar surface area (TPSA) is 40.6 Å². The van der Waals surface area contributed by atoms with Gasteiger partial charge in [0.1, 0.15) is 10.3 Å². The molecule has 0 fully saturated rings. The maximum atomic E-state index is 5.89. The van der Waals surface area contributed by atoms with Crippen molar-refractivity contribution in [3.63, 3.8) is 0 Å². The minimum Gasteiger partial charge on any atom is -0.382 e. The zero-order valence-corrected chi connectivity index (χ0v) is 11.1. The molecule has 1 rings (SSSR count). The van der Waals surface area contributed by atoms with E-state index >= 15 is 0 Å². The molecule has 0 saturated carbocycles. The highest BCUT2D eigenvalue weighted by Gasteiger charge is 2.02. The van der Waals surface area contributed by atoms with Crippen LogP contribution in [0, 0.1) is 0 Å². The summed E-state index contributed by atoms with van der Waals surface area (Å²) in [6.45, 7) is 2.59. The van der Waals surface area contributed by atoms with Crippen LogP contribution in [-0.2, 0) is 20.8 Å². The van der Waals surface area contributed by atoms with Gasteiger partial charge < -0.3 is 14.2 Å². The normalized spacial score (nSPS) is 10.8. The fourth-order valence-corrected chi connectivity index (χ4v) is 1.49. The molecule has 0 unspecified atom stereocenters. The molecule has 0 saturated heterocycles. The van der Waals surface area contributed by atoms with Crippen LogP contribution in [0.5, 0.6) is 0 Å². The van der Waals surface area contributed by atoms with Gasteiger partial charge in [-0.3, -0.25) is 0 Å². The molecular weight excluding hydrogens is 265 g/mol. The zero-order valence-electron chi connectivity index (χ0n) is 9.62. The summed E-state index contributed by atoms with van der Waals surface area (Å²) >= 11 is 11.6. The van der Waals surface area contributed by atoms with Crippen LogP contribution < -0.4 is 0 Å². The van der Waals surface area contributed by atoms with E-state index in [0.717, 1.165) is 5.56 Å². The highest BCUT2D eigenvalue weighted by atomic mass is 35.5. The van der Waals surface area contributed by atoms with E-state index in [4.69, 9.17) is 37.4 Å². The number of aromatic nitrogens is 1. The van der Waals surface area contributed by atoms with Crippen LogP contribution in [-0.4, -0.2) is 38.5 Å². The number of halogens is 2. The summed E-state index contributed by atoms with van der Waals surface area (Å²) in [5, 5.41) is 0.749. The third-order valence-corrected chi connectivity index (χ3v) is 2.49. The van der Waals surface area contributed by atoms with Gasteiger partial charge in [0.15, 0.2) is 0 Å². The van der Waals surface area contributed by atoms with E-state index in [1.807, 2.05) is 0 Å². The molecule has 6 heteroatoms. The minimum absolute atomic E-state index is 0.373. The largest absolute Gasteiger partial charge is 0.382 e. The molecule has 17 heavy (non-hydrogen) atoms. The van der Waals surface area contributed by atoms with Crippen molar-refractivity contribution in [1.82, 2.24) is 4.98 Å². The number of hydrogen-bond donors (Lipinski definition) is 0. The van der Waals surface area contributed by atoms with Gasteiger partial charge in [-0.2, -0.15) is 0 Å². The van der Waals surface area contributed by atoms with Crippen molar-refractivity contribution < 1.29 is 14.2 Å². The number of hydrogen-bond acceptors (Lipinski definition) is 4. The van der Waals surface area contributed by atoms with Gasteiger partial charge in [-0.05, 0) is 6.07 Å². The van der Waals surface area contributed by atoms with Crippen LogP contribution >= 0.6 is 23.2 Å². The Balaban J connectivity index is 2.14. The molecule has 0 aromatic carbocycles. The van der Waals surface area contributed by atoms with E-state index < -0.39 is 0 Å². The SMILES string of the molecule is COCCOCCOCc1ccc(Cl)nc1Cl. The first-order valence-electron chi connectivity index (χ1n) is 5.19. The van der Waals surface area contributed by atoms with Crippen LogP contribution in [0.15, 0.2) is 12.1 Å². The number of ether oxygens (including phenoxy) is 3. The molecule has 4 nitrogen and oxygen atoms in total. The maximum Gasteiger partial charge on any atom is 0.136 e. The molecular formula is C11H15Cl2NO3. The lowest BCUT2D eigenvalue weighted by Crippen LogP contribution is -2.08. The molecule has 1 aromatic heterocycles. The summed E-state index contributed by atoms with van der Waals surface area (Å²) in [4.78, 5) is 3.92. The monoisotopic (exact) mass is 279 g/mol. The Kier molecular flexibility index (Phi) is 7.48. The van der Waals surface area contributed by atoms with Crippen molar-refractivity contribution in [3.05, 3.63) is 28.0 Å². The summed E-state index contributed by atoms with van der Waals surface area (Å²) < 4.78 is 15.5. The number of methoxy groups -OCH3 is 1. The predicted molar refractivity (Wildman–Crippen MR) is 66.6 cm³/mol. The summed E-state index contributed by atoms with van der Waals surface area (Å²) in [5.74, 6) is 0. The molecule has 0 aliphatic heterocycles. The highest BCUT2D eigenvalue weighted by Crippen LogP contribution is 2.17. The van der Waals surface area contributed by atoms with Crippen LogP contribution in [0.25, 0.3) is 0 Å². The number of pyridine rings is 1. The average molecular weight is 280 g/mol. The van der Waals surface area contributed by atoms with Crippen molar-refractivity contribution in [2.24, 2.45) is 0 Å². The molecule has 0 spiro atoms. The van der Waals surface area contributed by atoms with Crippen LogP contribution in [0.2, 0.25) is 10.3 Å². The Morgan fingerprint density at radius 2 is 1.76 bits per heavy atom. The van der Waals surface area contributed by atoms with E-state index in [2.05, 4.69) is 4.98 Å². The predicted octanol–water partition coefficient (Wildman–Crippen LogP) is 2.57. The smallest absolute Gasteiger partial charge is 0.136 e. The van der Waals surface area contributed by atoms with Crippen LogP contribution in [0.3, 0.4) is 0 Å². The van der Waals surface area contributed by atoms with Crippen molar-refractivity contribution in [1.29, 1.82) is 0 Å². The standard InChI is InChI=1S/C11H15Cl2NO3/c1-15-4-5-16-6-7-17-8-9-2-3-10(12)14-11(9)13/h2-3H,4-8H2,1H3. The molecule has 0 atom stereocenters. The quantitative estimate of drug-likeness (QED) is 0.542. The first-order valence-corrected chi connectivity index (χ1v) is 5.95. The molecule has 0 amide bonds. The summed E-state index contributed by atoms with van der Waals surface area (Å²) in [7, 11) is 1.63. The van der Waals surface area contributed by atoms with Crippen LogP contribution in [0.4, 0.5) is 0 Å². The van der Waals surface area contributed by atoms with Crippen molar-refractivity contribution >= 4 is 23.2 Å². The summed E-state index contributed by atoms with van der Waals surface area (Å²) in [5.41, 5.74) is 0.813. The number of rotatable bonds is 8. The second-order valence-electron chi connectivity index (χ2n) is 3.24. The lowest BCUT2D eigenvalue weighted by molar-refractivity contribution is 0.0199. The molecule has 0 radical (unpaired) electrons. The van der Waals surface area contributed by atoms with Gasteiger partial charge in [0.2, 0.25) is 0 Å². The molecule has 96 valence electrons. The van der Waals surface area contributed by atoms with Gasteiger partial charge in [-0.1, -0.05) is 29.3 Å². The third-order valence-electron chi connectivity index (χ3n) is 1.95. The van der Waals surface area contributed by atoms with Crippen molar-refractivity contribution in [3.8, 4) is 0 Å². The van der Waals surface area contributed by atoms with Crippen LogP contribution in [0.1, 0.15) is 5.56 Å². The Hall–Kier alpha value is -0.390. The van der Waals surface area contributed by atoms with E-state index in [0.29, 0.717) is 43.3 Å². The second-order valence-corrected chi connectivity index (χ2v) is 3.99. The van der Waals surface area contributed by atoms with Gasteiger partial charge in [-0.15, -0.1) is 0 Å². The maximum absolute atomic E-state index is 5.89. The second kappa shape index (κ2) is 8.66. The molecule has 0 aliphatic carbocycles. The third kappa shape index (κ3) is 6.19. The highest BCUT2D eigenvalue weighted by molar-refractivity contribution is 6.32. The van der Waals surface area contributed by atoms with Crippen molar-refractivity contribution in [2.45, 2.75) is 6.61 Å². The molecule has 1 heterocycles. The lowest BCUT2D eigenvalue weighted by atomic mass is 10.3. The molecule has 0 aliphatic rings. The number of nitrogens with zero attached hydrogens (tertiary/aromatic N) is 1. The van der Waals surface area contributed by atoms with Gasteiger partial charge >= 0.3 is 0 Å². The first-order chi connectivity index (χ1) is 8.24. The van der Waals surface area contributed by atoms with Gasteiger partial charge in [0.25, 0.3) is 0 Å². The lowest BCUT2D eigenvalue weighted by Gasteiger charge is -2.06. The molecule has 0 bridgehead atoms. The van der Waals surface area contributed by atoms with E-state index in [-0.39, 0.29) is 0 Å². The Bertz CT molecular complexity index is 336. The van der Waals surface area contributed by atoms with E-state index in [1.165, 1.54) is 0 Å². The Morgan fingerprint density at radius 1 is 1.06 bits per heavy atom. The zero-order chi connectivity index (χ0) is 12.5. The Morgan fingerprint density at radius 3 is 2.47 bits per heavy atom. The molecule has 1 aromatic rings. The van der Waals surface area contributed by atoms with Gasteiger partial charge in [0.05, 0.1) is 33.0 Å². The van der Waals surface area contributed by atoms with E-state index in [9.17, 15) is 0 Å². The summed E-state index contributed by atoms with van der Waals surface area (Å²) in [6.07, 6.45) is 0. The average Bonchev–Trinajstić information content (AvgIpc) is 2.30. The van der Waals surface area contributed by atoms with Gasteiger partial charge in [-0.25, -0.2) is 4.98 Å². The molecule has 0 N–H and O–H groups in total.